The van der Waals surface area contributed by atoms with Gasteiger partial charge in [0, 0.05) is 12.0 Å². The van der Waals surface area contributed by atoms with Crippen molar-refractivity contribution in [3.05, 3.63) is 64.7 Å². The van der Waals surface area contributed by atoms with E-state index in [1.807, 2.05) is 6.07 Å². The zero-order valence-corrected chi connectivity index (χ0v) is 15.1. The fourth-order valence-electron chi connectivity index (χ4n) is 3.45. The fraction of sp³-hybridized carbons (Fsp3) is 0.286. The van der Waals surface area contributed by atoms with Crippen LogP contribution < -0.4 is 10.1 Å². The number of nitrogens with one attached hydrogen (secondary N) is 1. The smallest absolute Gasteiger partial charge is 0.417 e. The van der Waals surface area contributed by atoms with Gasteiger partial charge in [-0.1, -0.05) is 6.07 Å². The van der Waals surface area contributed by atoms with Gasteiger partial charge in [-0.05, 0) is 48.4 Å². The monoisotopic (exact) mass is 399 g/mol. The van der Waals surface area contributed by atoms with Crippen LogP contribution in [0, 0.1) is 22.7 Å². The highest BCUT2D eigenvalue weighted by atomic mass is 19.4. The highest BCUT2D eigenvalue weighted by Gasteiger charge is 2.38. The number of benzene rings is 2. The number of hydrogen-bond acceptors (Lipinski definition) is 5. The van der Waals surface area contributed by atoms with Crippen LogP contribution in [0.4, 0.5) is 13.2 Å². The normalized spacial score (nSPS) is 21.2. The van der Waals surface area contributed by atoms with Crippen LogP contribution in [0.1, 0.15) is 34.6 Å². The third kappa shape index (κ3) is 4.56. The first kappa shape index (κ1) is 20.4. The van der Waals surface area contributed by atoms with E-state index in [4.69, 9.17) is 15.3 Å². The summed E-state index contributed by atoms with van der Waals surface area (Å²) in [6.45, 7) is 0.217. The van der Waals surface area contributed by atoms with Gasteiger partial charge in [-0.25, -0.2) is 0 Å². The van der Waals surface area contributed by atoms with E-state index in [1.54, 1.807) is 30.3 Å². The lowest BCUT2D eigenvalue weighted by atomic mass is 9.89. The Morgan fingerprint density at radius 3 is 2.45 bits per heavy atom. The van der Waals surface area contributed by atoms with Crippen LogP contribution >= 0.6 is 0 Å². The average molecular weight is 399 g/mol. The van der Waals surface area contributed by atoms with E-state index < -0.39 is 29.3 Å². The molecule has 0 saturated carbocycles. The Morgan fingerprint density at radius 1 is 1.14 bits per heavy atom. The summed E-state index contributed by atoms with van der Waals surface area (Å²) in [5, 5.41) is 20.8. The Hall–Kier alpha value is -3.36. The van der Waals surface area contributed by atoms with Crippen molar-refractivity contribution < 1.29 is 22.7 Å². The van der Waals surface area contributed by atoms with Gasteiger partial charge in [0.15, 0.2) is 0 Å². The Morgan fingerprint density at radius 2 is 1.86 bits per heavy atom. The zero-order valence-electron chi connectivity index (χ0n) is 15.1. The standard InChI is InChI=1S/C21H16F3N3O2/c22-21(23,24)19-7-14(3-4-15(19)10-26)18-8-16(27-20(18)11-28)12-29-17-5-1-13(9-25)2-6-17/h1-7,11,16,18,20,27H,8,12H2/t16-,18?,20-/m0/s1. The lowest BCUT2D eigenvalue weighted by molar-refractivity contribution is -0.137. The van der Waals surface area contributed by atoms with Crippen LogP contribution in [0.2, 0.25) is 0 Å². The second-order valence-electron chi connectivity index (χ2n) is 6.73. The number of carbonyl (C=O) groups excluding carboxylic acids is 1. The molecule has 1 saturated heterocycles. The van der Waals surface area contributed by atoms with Gasteiger partial charge in [0.1, 0.15) is 18.6 Å². The number of halogens is 3. The first-order valence-corrected chi connectivity index (χ1v) is 8.81. The maximum atomic E-state index is 13.2. The van der Waals surface area contributed by atoms with Crippen LogP contribution in [0.15, 0.2) is 42.5 Å². The molecule has 3 atom stereocenters. The van der Waals surface area contributed by atoms with E-state index in [-0.39, 0.29) is 12.6 Å². The maximum Gasteiger partial charge on any atom is 0.417 e. The van der Waals surface area contributed by atoms with Crippen molar-refractivity contribution >= 4 is 6.29 Å². The molecule has 1 fully saturated rings. The van der Waals surface area contributed by atoms with Gasteiger partial charge in [-0.3, -0.25) is 0 Å². The van der Waals surface area contributed by atoms with Crippen molar-refractivity contribution in [2.75, 3.05) is 6.61 Å². The lowest BCUT2D eigenvalue weighted by Gasteiger charge is -2.17. The van der Waals surface area contributed by atoms with Crippen LogP contribution in [0.5, 0.6) is 5.75 Å². The van der Waals surface area contributed by atoms with Gasteiger partial charge in [-0.2, -0.15) is 23.7 Å². The third-order valence-electron chi connectivity index (χ3n) is 4.88. The molecule has 0 bridgehead atoms. The zero-order chi connectivity index (χ0) is 21.0. The minimum absolute atomic E-state index is 0.217. The van der Waals surface area contributed by atoms with Gasteiger partial charge >= 0.3 is 6.18 Å². The molecule has 3 rings (SSSR count). The number of ether oxygens (including phenoxy) is 1. The van der Waals surface area contributed by atoms with Crippen molar-refractivity contribution in [1.82, 2.24) is 5.32 Å². The van der Waals surface area contributed by atoms with Crippen molar-refractivity contribution in [1.29, 1.82) is 10.5 Å². The molecule has 0 aromatic heterocycles. The topological polar surface area (TPSA) is 85.9 Å². The molecule has 0 aliphatic carbocycles. The number of rotatable bonds is 5. The number of hydrogen-bond donors (Lipinski definition) is 1. The molecule has 0 amide bonds. The van der Waals surface area contributed by atoms with Crippen molar-refractivity contribution in [3.63, 3.8) is 0 Å². The first-order chi connectivity index (χ1) is 13.9. The summed E-state index contributed by atoms with van der Waals surface area (Å²) in [5.74, 6) is 0.0885. The molecular formula is C21H16F3N3O2. The van der Waals surface area contributed by atoms with Crippen molar-refractivity contribution in [2.45, 2.75) is 30.6 Å². The molecule has 1 N–H and O–H groups in total. The van der Waals surface area contributed by atoms with E-state index >= 15 is 0 Å². The number of nitriles is 2. The molecule has 29 heavy (non-hydrogen) atoms. The summed E-state index contributed by atoms with van der Waals surface area (Å²) in [7, 11) is 0. The minimum atomic E-state index is -4.65. The first-order valence-electron chi connectivity index (χ1n) is 8.81. The molecular weight excluding hydrogens is 383 g/mol. The second kappa shape index (κ2) is 8.34. The number of alkyl halides is 3. The molecule has 1 aliphatic heterocycles. The van der Waals surface area contributed by atoms with E-state index in [0.717, 1.165) is 12.1 Å². The highest BCUT2D eigenvalue weighted by Crippen LogP contribution is 2.37. The van der Waals surface area contributed by atoms with Gasteiger partial charge in [0.05, 0.1) is 34.9 Å². The SMILES string of the molecule is N#Cc1ccc(OC[C@@H]2CC(c3ccc(C#N)c(C(F)(F)F)c3)[C@H](C=O)N2)cc1. The van der Waals surface area contributed by atoms with Gasteiger partial charge in [0.2, 0.25) is 0 Å². The summed E-state index contributed by atoms with van der Waals surface area (Å²) < 4.78 is 45.4. The average Bonchev–Trinajstić information content (AvgIpc) is 3.15. The lowest BCUT2D eigenvalue weighted by Crippen LogP contribution is -2.35. The predicted molar refractivity (Wildman–Crippen MR) is 96.9 cm³/mol. The Labute approximate surface area is 165 Å². The molecule has 1 aliphatic rings. The summed E-state index contributed by atoms with van der Waals surface area (Å²) >= 11 is 0. The predicted octanol–water partition coefficient (Wildman–Crippen LogP) is 3.54. The number of aldehydes is 1. The summed E-state index contributed by atoms with van der Waals surface area (Å²) in [6, 6.07) is 12.7. The molecule has 2 aromatic rings. The van der Waals surface area contributed by atoms with Crippen molar-refractivity contribution in [3.8, 4) is 17.9 Å². The van der Waals surface area contributed by atoms with Crippen LogP contribution in [0.3, 0.4) is 0 Å². The molecule has 148 valence electrons. The van der Waals surface area contributed by atoms with E-state index in [1.165, 1.54) is 6.07 Å². The van der Waals surface area contributed by atoms with Crippen molar-refractivity contribution in [2.24, 2.45) is 0 Å². The van der Waals surface area contributed by atoms with E-state index in [9.17, 15) is 18.0 Å². The van der Waals surface area contributed by atoms with Gasteiger partial charge in [0.25, 0.3) is 0 Å². The Bertz CT molecular complexity index is 975. The molecule has 1 unspecified atom stereocenters. The molecule has 5 nitrogen and oxygen atoms in total. The number of nitrogens with zero attached hydrogens (tertiary/aromatic N) is 2. The molecule has 2 aromatic carbocycles. The van der Waals surface area contributed by atoms with E-state index in [0.29, 0.717) is 29.6 Å². The largest absolute Gasteiger partial charge is 0.492 e. The number of carbonyl (C=O) groups is 1. The highest BCUT2D eigenvalue weighted by molar-refractivity contribution is 5.61. The van der Waals surface area contributed by atoms with Gasteiger partial charge in [-0.15, -0.1) is 0 Å². The molecule has 0 spiro atoms. The molecule has 0 radical (unpaired) electrons. The quantitative estimate of drug-likeness (QED) is 0.778. The van der Waals surface area contributed by atoms with Crippen LogP contribution in [-0.2, 0) is 11.0 Å². The van der Waals surface area contributed by atoms with Crippen LogP contribution in [-0.4, -0.2) is 25.0 Å². The summed E-state index contributed by atoms with van der Waals surface area (Å²) in [6.07, 6.45) is -3.57. The van der Waals surface area contributed by atoms with E-state index in [2.05, 4.69) is 5.32 Å². The summed E-state index contributed by atoms with van der Waals surface area (Å²) in [5.41, 5.74) is -0.601. The Kier molecular flexibility index (Phi) is 5.86. The second-order valence-corrected chi connectivity index (χ2v) is 6.73. The minimum Gasteiger partial charge on any atom is -0.492 e. The van der Waals surface area contributed by atoms with Gasteiger partial charge < -0.3 is 14.8 Å². The maximum absolute atomic E-state index is 13.2. The third-order valence-corrected chi connectivity index (χ3v) is 4.88. The van der Waals surface area contributed by atoms with Crippen LogP contribution in [0.25, 0.3) is 0 Å². The molecule has 1 heterocycles. The summed E-state index contributed by atoms with van der Waals surface area (Å²) in [4.78, 5) is 11.5. The Balaban J connectivity index is 1.74. The molecule has 8 heteroatoms. The fourth-order valence-corrected chi connectivity index (χ4v) is 3.45.